The monoisotopic (exact) mass is 263 g/mol. The van der Waals surface area contributed by atoms with Gasteiger partial charge >= 0.3 is 0 Å². The summed E-state index contributed by atoms with van der Waals surface area (Å²) in [5.41, 5.74) is 2.70. The van der Waals surface area contributed by atoms with Gasteiger partial charge in [-0.2, -0.15) is 0 Å². The number of benzene rings is 1. The van der Waals surface area contributed by atoms with Crippen LogP contribution in [0.15, 0.2) is 24.3 Å². The van der Waals surface area contributed by atoms with Crippen LogP contribution < -0.4 is 4.90 Å². The minimum atomic E-state index is -0.0356. The second-order valence-corrected chi connectivity index (χ2v) is 5.78. The van der Waals surface area contributed by atoms with Crippen molar-refractivity contribution in [3.8, 4) is 0 Å². The predicted molar refractivity (Wildman–Crippen MR) is 84.1 cm³/mol. The Balaban J connectivity index is 0.000000861. The van der Waals surface area contributed by atoms with Crippen LogP contribution in [0.25, 0.3) is 0 Å². The molecule has 1 aliphatic rings. The van der Waals surface area contributed by atoms with Crippen molar-refractivity contribution in [1.29, 1.82) is 0 Å². The molecular weight excluding hydrogens is 234 g/mol. The number of morpholine rings is 1. The maximum atomic E-state index is 5.75. The van der Waals surface area contributed by atoms with Gasteiger partial charge in [-0.1, -0.05) is 39.8 Å². The molecule has 0 saturated carbocycles. The molecule has 1 aromatic rings. The van der Waals surface area contributed by atoms with Gasteiger partial charge in [-0.05, 0) is 37.5 Å². The Bertz CT molecular complexity index is 385. The number of hydrogen-bond acceptors (Lipinski definition) is 2. The fourth-order valence-electron chi connectivity index (χ4n) is 2.32. The highest BCUT2D eigenvalue weighted by Gasteiger charge is 2.27. The molecule has 0 aromatic heterocycles. The van der Waals surface area contributed by atoms with E-state index in [9.17, 15) is 0 Å². The van der Waals surface area contributed by atoms with Crippen molar-refractivity contribution in [1.82, 2.24) is 0 Å². The van der Waals surface area contributed by atoms with Crippen LogP contribution in [0.5, 0.6) is 0 Å². The van der Waals surface area contributed by atoms with Crippen molar-refractivity contribution in [3.63, 3.8) is 0 Å². The molecule has 1 saturated heterocycles. The van der Waals surface area contributed by atoms with Crippen molar-refractivity contribution >= 4 is 5.69 Å². The molecule has 0 bridgehead atoms. The van der Waals surface area contributed by atoms with E-state index in [-0.39, 0.29) is 5.60 Å². The van der Waals surface area contributed by atoms with Gasteiger partial charge in [0.1, 0.15) is 0 Å². The van der Waals surface area contributed by atoms with Gasteiger partial charge in [0, 0.05) is 18.8 Å². The molecule has 0 radical (unpaired) electrons. The quantitative estimate of drug-likeness (QED) is 0.781. The Kier molecular flexibility index (Phi) is 5.86. The average molecular weight is 263 g/mol. The second kappa shape index (κ2) is 6.95. The molecule has 19 heavy (non-hydrogen) atoms. The summed E-state index contributed by atoms with van der Waals surface area (Å²) in [5.74, 6) is 0.587. The van der Waals surface area contributed by atoms with Gasteiger partial charge in [-0.3, -0.25) is 0 Å². The SMILES string of the molecule is CC.CC(C)c1cccc(N2CCOC(C)(C)C2)c1. The summed E-state index contributed by atoms with van der Waals surface area (Å²) < 4.78 is 5.75. The molecule has 2 rings (SSSR count). The van der Waals surface area contributed by atoms with Crippen LogP contribution in [0.3, 0.4) is 0 Å². The summed E-state index contributed by atoms with van der Waals surface area (Å²) in [7, 11) is 0. The van der Waals surface area contributed by atoms with Crippen LogP contribution in [0.4, 0.5) is 5.69 Å². The zero-order valence-corrected chi connectivity index (χ0v) is 13.4. The molecule has 0 atom stereocenters. The predicted octanol–water partition coefficient (Wildman–Crippen LogP) is 4.45. The number of rotatable bonds is 2. The summed E-state index contributed by atoms with van der Waals surface area (Å²) in [6.45, 7) is 15.6. The van der Waals surface area contributed by atoms with E-state index >= 15 is 0 Å². The van der Waals surface area contributed by atoms with Gasteiger partial charge in [0.25, 0.3) is 0 Å². The van der Waals surface area contributed by atoms with Crippen molar-refractivity contribution in [2.45, 2.75) is 53.1 Å². The molecule has 1 heterocycles. The fraction of sp³-hybridized carbons (Fsp3) is 0.647. The maximum absolute atomic E-state index is 5.75. The summed E-state index contributed by atoms with van der Waals surface area (Å²) in [5, 5.41) is 0. The molecule has 1 aliphatic heterocycles. The molecule has 0 amide bonds. The van der Waals surface area contributed by atoms with E-state index in [1.165, 1.54) is 11.3 Å². The van der Waals surface area contributed by atoms with E-state index in [1.54, 1.807) is 0 Å². The number of ether oxygens (including phenoxy) is 1. The highest BCUT2D eigenvalue weighted by Crippen LogP contribution is 2.25. The van der Waals surface area contributed by atoms with E-state index in [1.807, 2.05) is 13.8 Å². The first-order valence-electron chi connectivity index (χ1n) is 7.47. The molecule has 2 heteroatoms. The molecule has 0 N–H and O–H groups in total. The topological polar surface area (TPSA) is 12.5 Å². The van der Waals surface area contributed by atoms with Crippen LogP contribution >= 0.6 is 0 Å². The second-order valence-electron chi connectivity index (χ2n) is 5.78. The van der Waals surface area contributed by atoms with E-state index in [0.29, 0.717) is 5.92 Å². The summed E-state index contributed by atoms with van der Waals surface area (Å²) in [6, 6.07) is 8.88. The standard InChI is InChI=1S/C15H23NO.C2H6/c1-12(2)13-6-5-7-14(10-13)16-8-9-17-15(3,4)11-16;1-2/h5-7,10,12H,8-9,11H2,1-4H3;1-2H3. The van der Waals surface area contributed by atoms with E-state index in [0.717, 1.165) is 19.7 Å². The molecule has 2 nitrogen and oxygen atoms in total. The van der Waals surface area contributed by atoms with Gasteiger partial charge in [0.05, 0.1) is 12.2 Å². The zero-order valence-electron chi connectivity index (χ0n) is 13.4. The van der Waals surface area contributed by atoms with Crippen molar-refractivity contribution in [2.24, 2.45) is 0 Å². The lowest BCUT2D eigenvalue weighted by atomic mass is 10.0. The van der Waals surface area contributed by atoms with Gasteiger partial charge in [0.2, 0.25) is 0 Å². The van der Waals surface area contributed by atoms with Crippen LogP contribution in [-0.4, -0.2) is 25.3 Å². The highest BCUT2D eigenvalue weighted by atomic mass is 16.5. The normalized spacial score (nSPS) is 17.9. The summed E-state index contributed by atoms with van der Waals surface area (Å²) in [6.07, 6.45) is 0. The molecule has 108 valence electrons. The van der Waals surface area contributed by atoms with Gasteiger partial charge in [-0.25, -0.2) is 0 Å². The third-order valence-corrected chi connectivity index (χ3v) is 3.33. The lowest BCUT2D eigenvalue weighted by Crippen LogP contribution is -2.48. The summed E-state index contributed by atoms with van der Waals surface area (Å²) >= 11 is 0. The van der Waals surface area contributed by atoms with E-state index < -0.39 is 0 Å². The molecule has 1 fully saturated rings. The van der Waals surface area contributed by atoms with E-state index in [2.05, 4.69) is 56.9 Å². The smallest absolute Gasteiger partial charge is 0.0801 e. The van der Waals surface area contributed by atoms with Crippen molar-refractivity contribution < 1.29 is 4.74 Å². The Morgan fingerprint density at radius 1 is 1.21 bits per heavy atom. The first kappa shape index (κ1) is 16.0. The molecule has 0 spiro atoms. The summed E-state index contributed by atoms with van der Waals surface area (Å²) in [4.78, 5) is 2.43. The van der Waals surface area contributed by atoms with E-state index in [4.69, 9.17) is 4.74 Å². The van der Waals surface area contributed by atoms with Crippen LogP contribution in [0, 0.1) is 0 Å². The van der Waals surface area contributed by atoms with Crippen LogP contribution in [0.2, 0.25) is 0 Å². The first-order valence-corrected chi connectivity index (χ1v) is 7.47. The average Bonchev–Trinajstić information content (AvgIpc) is 2.40. The van der Waals surface area contributed by atoms with Crippen LogP contribution in [0.1, 0.15) is 53.0 Å². The third-order valence-electron chi connectivity index (χ3n) is 3.33. The largest absolute Gasteiger partial charge is 0.372 e. The fourth-order valence-corrected chi connectivity index (χ4v) is 2.32. The Hall–Kier alpha value is -1.02. The molecule has 1 aromatic carbocycles. The number of hydrogen-bond donors (Lipinski definition) is 0. The minimum absolute atomic E-state index is 0.0356. The lowest BCUT2D eigenvalue weighted by Gasteiger charge is -2.39. The lowest BCUT2D eigenvalue weighted by molar-refractivity contribution is -0.0276. The van der Waals surface area contributed by atoms with Crippen molar-refractivity contribution in [2.75, 3.05) is 24.6 Å². The van der Waals surface area contributed by atoms with Crippen LogP contribution in [-0.2, 0) is 4.74 Å². The number of nitrogens with zero attached hydrogens (tertiary/aromatic N) is 1. The Labute approximate surface area is 118 Å². The Morgan fingerprint density at radius 2 is 1.89 bits per heavy atom. The van der Waals surface area contributed by atoms with Gasteiger partial charge in [-0.15, -0.1) is 0 Å². The van der Waals surface area contributed by atoms with Gasteiger partial charge < -0.3 is 9.64 Å². The zero-order chi connectivity index (χ0) is 14.5. The first-order chi connectivity index (χ1) is 8.98. The third kappa shape index (κ3) is 4.54. The Morgan fingerprint density at radius 3 is 2.47 bits per heavy atom. The molecule has 0 aliphatic carbocycles. The van der Waals surface area contributed by atoms with Gasteiger partial charge in [0.15, 0.2) is 0 Å². The highest BCUT2D eigenvalue weighted by molar-refractivity contribution is 5.50. The van der Waals surface area contributed by atoms with Crippen molar-refractivity contribution in [3.05, 3.63) is 29.8 Å². The minimum Gasteiger partial charge on any atom is -0.372 e. The number of anilines is 1. The maximum Gasteiger partial charge on any atom is 0.0801 e. The molecule has 0 unspecified atom stereocenters. The molecular formula is C17H29NO.